The van der Waals surface area contributed by atoms with E-state index in [-0.39, 0.29) is 16.7 Å². The van der Waals surface area contributed by atoms with Crippen molar-refractivity contribution in [2.75, 3.05) is 0 Å². The van der Waals surface area contributed by atoms with Crippen LogP contribution in [-0.2, 0) is 10.1 Å². The minimum absolute atomic E-state index is 0.00449. The van der Waals surface area contributed by atoms with Gasteiger partial charge in [0.25, 0.3) is 15.7 Å². The number of azo groups is 1. The van der Waals surface area contributed by atoms with Crippen LogP contribution in [-0.4, -0.2) is 28.0 Å². The maximum Gasteiger partial charge on any atom is 0.294 e. The zero-order chi connectivity index (χ0) is 19.9. The summed E-state index contributed by atoms with van der Waals surface area (Å²) >= 11 is 0. The predicted molar refractivity (Wildman–Crippen MR) is 102 cm³/mol. The summed E-state index contributed by atoms with van der Waals surface area (Å²) in [6.07, 6.45) is 0. The van der Waals surface area contributed by atoms with Gasteiger partial charge in [0, 0.05) is 10.8 Å². The Bertz CT molecular complexity index is 1430. The number of H-pyrrole nitrogens is 1. The van der Waals surface area contributed by atoms with Crippen LogP contribution >= 0.6 is 0 Å². The van der Waals surface area contributed by atoms with Gasteiger partial charge in [-0.25, -0.2) is 4.98 Å². The first-order valence-electron chi connectivity index (χ1n) is 7.97. The van der Waals surface area contributed by atoms with E-state index in [1.165, 1.54) is 6.07 Å². The lowest BCUT2D eigenvalue weighted by Gasteiger charge is -2.05. The number of benzene rings is 2. The van der Waals surface area contributed by atoms with Gasteiger partial charge in [-0.15, -0.1) is 10.2 Å². The number of nitrogens with zero attached hydrogens (tertiary/aromatic N) is 3. The Balaban J connectivity index is 1.82. The SMILES string of the molecule is O=c1[nH]c2ccc(S(=O)(=O)O)cc2c(O)c1/N=N/c1ccc2ccccc2n1. The smallest absolute Gasteiger partial charge is 0.294 e. The average molecular weight is 396 g/mol. The van der Waals surface area contributed by atoms with Crippen molar-refractivity contribution in [1.29, 1.82) is 0 Å². The lowest BCUT2D eigenvalue weighted by atomic mass is 10.2. The quantitative estimate of drug-likeness (QED) is 0.357. The molecule has 0 aliphatic carbocycles. The van der Waals surface area contributed by atoms with E-state index in [1.807, 2.05) is 18.2 Å². The minimum Gasteiger partial charge on any atom is -0.505 e. The number of hydrogen-bond acceptors (Lipinski definition) is 7. The van der Waals surface area contributed by atoms with Gasteiger partial charge in [-0.1, -0.05) is 18.2 Å². The maximum absolute atomic E-state index is 12.2. The molecular formula is C18H12N4O5S. The first-order chi connectivity index (χ1) is 13.3. The fourth-order valence-corrected chi connectivity index (χ4v) is 3.22. The minimum atomic E-state index is -4.48. The summed E-state index contributed by atoms with van der Waals surface area (Å²) in [4.78, 5) is 18.6. The van der Waals surface area contributed by atoms with Crippen LogP contribution in [0.25, 0.3) is 21.8 Å². The van der Waals surface area contributed by atoms with E-state index in [0.29, 0.717) is 5.52 Å². The van der Waals surface area contributed by atoms with Gasteiger partial charge in [0.05, 0.1) is 15.9 Å². The highest BCUT2D eigenvalue weighted by Gasteiger charge is 2.16. The average Bonchev–Trinajstić information content (AvgIpc) is 2.66. The summed E-state index contributed by atoms with van der Waals surface area (Å²) in [6, 6.07) is 14.2. The Morgan fingerprint density at radius 3 is 2.57 bits per heavy atom. The molecule has 0 aliphatic heterocycles. The number of fused-ring (bicyclic) bond motifs is 2. The highest BCUT2D eigenvalue weighted by Crippen LogP contribution is 2.32. The molecule has 28 heavy (non-hydrogen) atoms. The molecule has 140 valence electrons. The van der Waals surface area contributed by atoms with E-state index < -0.39 is 32.0 Å². The molecule has 4 rings (SSSR count). The number of nitrogens with one attached hydrogen (secondary N) is 1. The Morgan fingerprint density at radius 2 is 1.79 bits per heavy atom. The topological polar surface area (TPSA) is 145 Å². The number of aromatic hydroxyl groups is 1. The molecule has 0 aliphatic rings. The Hall–Kier alpha value is -3.63. The van der Waals surface area contributed by atoms with Gasteiger partial charge in [0.1, 0.15) is 0 Å². The van der Waals surface area contributed by atoms with Crippen LogP contribution in [0.1, 0.15) is 0 Å². The zero-order valence-electron chi connectivity index (χ0n) is 14.1. The molecule has 2 aromatic carbocycles. The summed E-state index contributed by atoms with van der Waals surface area (Å²) < 4.78 is 31.8. The summed E-state index contributed by atoms with van der Waals surface area (Å²) in [5.74, 6) is -0.335. The van der Waals surface area contributed by atoms with Crippen LogP contribution in [0, 0.1) is 0 Å². The Kier molecular flexibility index (Phi) is 4.13. The molecule has 10 heteroatoms. The Labute approximate surface area is 157 Å². The van der Waals surface area contributed by atoms with Gasteiger partial charge in [-0.3, -0.25) is 9.35 Å². The highest BCUT2D eigenvalue weighted by molar-refractivity contribution is 7.85. The first-order valence-corrected chi connectivity index (χ1v) is 9.41. The van der Waals surface area contributed by atoms with Crippen molar-refractivity contribution in [2.24, 2.45) is 10.2 Å². The van der Waals surface area contributed by atoms with Crippen molar-refractivity contribution in [3.63, 3.8) is 0 Å². The predicted octanol–water partition coefficient (Wildman–Crippen LogP) is 3.44. The number of para-hydroxylation sites is 1. The third-order valence-electron chi connectivity index (χ3n) is 4.07. The number of rotatable bonds is 3. The standard InChI is InChI=1S/C18H12N4O5S/c23-17-12-9-11(28(25,26)27)6-7-14(12)20-18(24)16(17)22-21-15-8-5-10-3-1-2-4-13(10)19-15/h1-9H,(H2,20,23,24)(H,25,26,27)/b22-21+. The maximum atomic E-state index is 12.2. The van der Waals surface area contributed by atoms with Gasteiger partial charge >= 0.3 is 0 Å². The largest absolute Gasteiger partial charge is 0.505 e. The first kappa shape index (κ1) is 17.8. The molecule has 0 saturated heterocycles. The van der Waals surface area contributed by atoms with Gasteiger partial charge in [0.2, 0.25) is 0 Å². The van der Waals surface area contributed by atoms with Crippen molar-refractivity contribution in [3.8, 4) is 5.75 Å². The molecule has 2 aromatic heterocycles. The van der Waals surface area contributed by atoms with Crippen LogP contribution < -0.4 is 5.56 Å². The molecule has 0 atom stereocenters. The second-order valence-electron chi connectivity index (χ2n) is 5.90. The molecule has 0 unspecified atom stereocenters. The highest BCUT2D eigenvalue weighted by atomic mass is 32.2. The van der Waals surface area contributed by atoms with Crippen molar-refractivity contribution in [3.05, 3.63) is 65.0 Å². The van der Waals surface area contributed by atoms with Gasteiger partial charge in [-0.05, 0) is 36.4 Å². The molecular weight excluding hydrogens is 384 g/mol. The molecule has 0 amide bonds. The van der Waals surface area contributed by atoms with Gasteiger partial charge in [0.15, 0.2) is 17.3 Å². The van der Waals surface area contributed by atoms with Crippen LogP contribution in [0.5, 0.6) is 5.75 Å². The van der Waals surface area contributed by atoms with E-state index in [0.717, 1.165) is 17.5 Å². The van der Waals surface area contributed by atoms with Crippen LogP contribution in [0.4, 0.5) is 11.5 Å². The summed E-state index contributed by atoms with van der Waals surface area (Å²) in [6.45, 7) is 0. The van der Waals surface area contributed by atoms with Gasteiger partial charge < -0.3 is 10.1 Å². The second-order valence-corrected chi connectivity index (χ2v) is 7.32. The molecule has 3 N–H and O–H groups in total. The number of aromatic nitrogens is 2. The number of hydrogen-bond donors (Lipinski definition) is 3. The monoisotopic (exact) mass is 396 g/mol. The molecule has 9 nitrogen and oxygen atoms in total. The van der Waals surface area contributed by atoms with E-state index in [9.17, 15) is 22.9 Å². The van der Waals surface area contributed by atoms with E-state index >= 15 is 0 Å². The van der Waals surface area contributed by atoms with Gasteiger partial charge in [-0.2, -0.15) is 8.42 Å². The fourth-order valence-electron chi connectivity index (χ4n) is 2.71. The summed E-state index contributed by atoms with van der Waals surface area (Å²) in [5.41, 5.74) is -0.254. The van der Waals surface area contributed by atoms with Crippen molar-refractivity contribution in [2.45, 2.75) is 4.90 Å². The second kappa shape index (κ2) is 6.51. The van der Waals surface area contributed by atoms with E-state index in [4.69, 9.17) is 0 Å². The lowest BCUT2D eigenvalue weighted by Crippen LogP contribution is -2.06. The lowest BCUT2D eigenvalue weighted by molar-refractivity contribution is 0.480. The molecule has 0 bridgehead atoms. The zero-order valence-corrected chi connectivity index (χ0v) is 14.9. The van der Waals surface area contributed by atoms with E-state index in [1.54, 1.807) is 18.2 Å². The summed E-state index contributed by atoms with van der Waals surface area (Å²) in [7, 11) is -4.48. The molecule has 0 radical (unpaired) electrons. The van der Waals surface area contributed by atoms with Crippen LogP contribution in [0.2, 0.25) is 0 Å². The van der Waals surface area contributed by atoms with Crippen molar-refractivity contribution in [1.82, 2.24) is 9.97 Å². The van der Waals surface area contributed by atoms with Crippen LogP contribution in [0.3, 0.4) is 0 Å². The Morgan fingerprint density at radius 1 is 1.00 bits per heavy atom. The molecule has 0 saturated carbocycles. The molecule has 2 heterocycles. The van der Waals surface area contributed by atoms with E-state index in [2.05, 4.69) is 20.2 Å². The normalized spacial score (nSPS) is 12.2. The third-order valence-corrected chi connectivity index (χ3v) is 4.92. The number of pyridine rings is 2. The summed E-state index contributed by atoms with van der Waals surface area (Å²) in [5, 5.41) is 19.0. The fraction of sp³-hybridized carbons (Fsp3) is 0. The third kappa shape index (κ3) is 3.21. The molecule has 0 fully saturated rings. The number of aromatic amines is 1. The molecule has 4 aromatic rings. The van der Waals surface area contributed by atoms with Crippen molar-refractivity contribution >= 4 is 43.4 Å². The molecule has 0 spiro atoms. The van der Waals surface area contributed by atoms with Crippen LogP contribution in [0.15, 0.2) is 74.5 Å². The van der Waals surface area contributed by atoms with Crippen molar-refractivity contribution < 1.29 is 18.1 Å².